The number of ether oxygens (including phenoxy) is 2. The van der Waals surface area contributed by atoms with Crippen molar-refractivity contribution in [3.8, 4) is 0 Å². The van der Waals surface area contributed by atoms with Crippen LogP contribution in [0.4, 0.5) is 0 Å². The van der Waals surface area contributed by atoms with E-state index in [-0.39, 0.29) is 18.1 Å². The van der Waals surface area contributed by atoms with E-state index in [1.165, 1.54) is 0 Å². The highest BCUT2D eigenvalue weighted by atomic mass is 16.5. The Bertz CT molecular complexity index is 690. The van der Waals surface area contributed by atoms with Crippen molar-refractivity contribution >= 4 is 16.9 Å². The Morgan fingerprint density at radius 1 is 1.39 bits per heavy atom. The number of fused-ring (bicyclic) bond motifs is 1. The summed E-state index contributed by atoms with van der Waals surface area (Å²) in [5, 5.41) is 0. The van der Waals surface area contributed by atoms with Gasteiger partial charge in [-0.15, -0.1) is 0 Å². The van der Waals surface area contributed by atoms with Crippen molar-refractivity contribution in [3.05, 3.63) is 36.2 Å². The van der Waals surface area contributed by atoms with Crippen LogP contribution in [-0.4, -0.2) is 59.3 Å². The van der Waals surface area contributed by atoms with Gasteiger partial charge >= 0.3 is 0 Å². The lowest BCUT2D eigenvalue weighted by Crippen LogP contribution is -2.47. The molecule has 1 atom stereocenters. The highest BCUT2D eigenvalue weighted by Crippen LogP contribution is 2.13. The topological polar surface area (TPSA) is 64.5 Å². The van der Waals surface area contributed by atoms with Crippen molar-refractivity contribution in [1.29, 1.82) is 0 Å². The lowest BCUT2D eigenvalue weighted by atomic mass is 10.2. The van der Waals surface area contributed by atoms with Gasteiger partial charge in [-0.1, -0.05) is 12.1 Å². The van der Waals surface area contributed by atoms with Crippen molar-refractivity contribution in [2.45, 2.75) is 26.1 Å². The molecule has 6 heteroatoms. The first-order valence-corrected chi connectivity index (χ1v) is 7.88. The van der Waals surface area contributed by atoms with Crippen molar-refractivity contribution in [3.63, 3.8) is 0 Å². The molecular weight excluding hydrogens is 294 g/mol. The maximum Gasteiger partial charge on any atom is 0.274 e. The number of rotatable bonds is 4. The summed E-state index contributed by atoms with van der Waals surface area (Å²) in [6, 6.07) is 7.53. The molecule has 1 fully saturated rings. The number of carbonyl (C=O) groups is 1. The van der Waals surface area contributed by atoms with Crippen LogP contribution in [0.25, 0.3) is 11.0 Å². The summed E-state index contributed by atoms with van der Waals surface area (Å²) in [4.78, 5) is 23.1. The second-order valence-electron chi connectivity index (χ2n) is 5.87. The quantitative estimate of drug-likeness (QED) is 0.862. The van der Waals surface area contributed by atoms with Crippen molar-refractivity contribution < 1.29 is 14.3 Å². The highest BCUT2D eigenvalue weighted by Gasteiger charge is 2.26. The number of hydrogen-bond acceptors (Lipinski definition) is 5. The third-order valence-electron chi connectivity index (χ3n) is 3.71. The maximum absolute atomic E-state index is 12.7. The molecule has 1 saturated heterocycles. The second-order valence-corrected chi connectivity index (χ2v) is 5.87. The Morgan fingerprint density at radius 3 is 2.96 bits per heavy atom. The molecule has 0 aliphatic carbocycles. The summed E-state index contributed by atoms with van der Waals surface area (Å²) >= 11 is 0. The number of morpholine rings is 1. The SMILES string of the molecule is CC(C)OCC1CN(C(=O)c2cnc3ccccc3n2)CCO1. The molecule has 0 N–H and O–H groups in total. The molecule has 0 saturated carbocycles. The van der Waals surface area contributed by atoms with Crippen LogP contribution in [0, 0.1) is 0 Å². The van der Waals surface area contributed by atoms with Gasteiger partial charge in [-0.25, -0.2) is 4.98 Å². The van der Waals surface area contributed by atoms with E-state index < -0.39 is 0 Å². The number of hydrogen-bond donors (Lipinski definition) is 0. The maximum atomic E-state index is 12.7. The van der Waals surface area contributed by atoms with Gasteiger partial charge in [0.25, 0.3) is 5.91 Å². The smallest absolute Gasteiger partial charge is 0.274 e. The third kappa shape index (κ3) is 3.83. The molecule has 2 heterocycles. The van der Waals surface area contributed by atoms with Crippen molar-refractivity contribution in [2.24, 2.45) is 0 Å². The number of benzene rings is 1. The molecule has 3 rings (SSSR count). The molecule has 1 amide bonds. The van der Waals surface area contributed by atoms with Crippen LogP contribution >= 0.6 is 0 Å². The van der Waals surface area contributed by atoms with E-state index in [4.69, 9.17) is 9.47 Å². The fraction of sp³-hybridized carbons (Fsp3) is 0.471. The van der Waals surface area contributed by atoms with E-state index in [2.05, 4.69) is 9.97 Å². The van der Waals surface area contributed by atoms with E-state index in [0.29, 0.717) is 32.0 Å². The number of amides is 1. The minimum Gasteiger partial charge on any atom is -0.376 e. The lowest BCUT2D eigenvalue weighted by Gasteiger charge is -2.32. The third-order valence-corrected chi connectivity index (χ3v) is 3.71. The Labute approximate surface area is 135 Å². The summed E-state index contributed by atoms with van der Waals surface area (Å²) in [5.74, 6) is -0.110. The normalized spacial score (nSPS) is 18.6. The zero-order chi connectivity index (χ0) is 16.2. The zero-order valence-electron chi connectivity index (χ0n) is 13.4. The lowest BCUT2D eigenvalue weighted by molar-refractivity contribution is -0.0726. The second kappa shape index (κ2) is 7.02. The predicted molar refractivity (Wildman–Crippen MR) is 86.3 cm³/mol. The predicted octanol–water partition coefficient (Wildman–Crippen LogP) is 1.90. The van der Waals surface area contributed by atoms with Gasteiger partial charge in [0.15, 0.2) is 0 Å². The van der Waals surface area contributed by atoms with Gasteiger partial charge in [-0.05, 0) is 26.0 Å². The fourth-order valence-corrected chi connectivity index (χ4v) is 2.53. The molecule has 1 aromatic carbocycles. The largest absolute Gasteiger partial charge is 0.376 e. The number of para-hydroxylation sites is 2. The van der Waals surface area contributed by atoms with Crippen molar-refractivity contribution in [2.75, 3.05) is 26.3 Å². The van der Waals surface area contributed by atoms with Gasteiger partial charge in [0.1, 0.15) is 5.69 Å². The Morgan fingerprint density at radius 2 is 2.17 bits per heavy atom. The molecule has 0 bridgehead atoms. The average molecular weight is 315 g/mol. The first-order valence-electron chi connectivity index (χ1n) is 7.88. The molecule has 0 spiro atoms. The van der Waals surface area contributed by atoms with Crippen molar-refractivity contribution in [1.82, 2.24) is 14.9 Å². The van der Waals surface area contributed by atoms with E-state index in [0.717, 1.165) is 11.0 Å². The number of carbonyl (C=O) groups excluding carboxylic acids is 1. The Hall–Kier alpha value is -2.05. The van der Waals surface area contributed by atoms with Crippen LogP contribution in [0.3, 0.4) is 0 Å². The molecule has 122 valence electrons. The minimum absolute atomic E-state index is 0.0940. The molecule has 2 aromatic rings. The minimum atomic E-state index is -0.110. The first kappa shape index (κ1) is 15.8. The van der Waals surface area contributed by atoms with Gasteiger partial charge in [-0.3, -0.25) is 9.78 Å². The summed E-state index contributed by atoms with van der Waals surface area (Å²) in [6.45, 7) is 6.04. The van der Waals surface area contributed by atoms with Gasteiger partial charge < -0.3 is 14.4 Å². The van der Waals surface area contributed by atoms with Crippen LogP contribution < -0.4 is 0 Å². The molecule has 1 unspecified atom stereocenters. The fourth-order valence-electron chi connectivity index (χ4n) is 2.53. The van der Waals surface area contributed by atoms with Gasteiger partial charge in [0.2, 0.25) is 0 Å². The van der Waals surface area contributed by atoms with E-state index >= 15 is 0 Å². The molecule has 1 aromatic heterocycles. The molecular formula is C17H21N3O3. The summed E-state index contributed by atoms with van der Waals surface area (Å²) in [7, 11) is 0. The van der Waals surface area contributed by atoms with Crippen LogP contribution in [0.1, 0.15) is 24.3 Å². The van der Waals surface area contributed by atoms with E-state index in [9.17, 15) is 4.79 Å². The van der Waals surface area contributed by atoms with Crippen LogP contribution in [-0.2, 0) is 9.47 Å². The van der Waals surface area contributed by atoms with Crippen LogP contribution in [0.2, 0.25) is 0 Å². The molecule has 1 aliphatic heterocycles. The Kier molecular flexibility index (Phi) is 4.83. The Balaban J connectivity index is 1.70. The first-order chi connectivity index (χ1) is 11.1. The average Bonchev–Trinajstić information content (AvgIpc) is 2.59. The molecule has 0 radical (unpaired) electrons. The summed E-state index contributed by atoms with van der Waals surface area (Å²) in [5.41, 5.74) is 1.88. The van der Waals surface area contributed by atoms with Crippen LogP contribution in [0.15, 0.2) is 30.5 Å². The highest BCUT2D eigenvalue weighted by molar-refractivity contribution is 5.93. The van der Waals surface area contributed by atoms with E-state index in [1.807, 2.05) is 38.1 Å². The number of aromatic nitrogens is 2. The van der Waals surface area contributed by atoms with Gasteiger partial charge in [-0.2, -0.15) is 0 Å². The van der Waals surface area contributed by atoms with Gasteiger partial charge in [0, 0.05) is 13.1 Å². The van der Waals surface area contributed by atoms with E-state index in [1.54, 1.807) is 11.1 Å². The number of nitrogens with zero attached hydrogens (tertiary/aromatic N) is 3. The zero-order valence-corrected chi connectivity index (χ0v) is 13.4. The van der Waals surface area contributed by atoms with Crippen LogP contribution in [0.5, 0.6) is 0 Å². The summed E-state index contributed by atoms with van der Waals surface area (Å²) < 4.78 is 11.2. The molecule has 23 heavy (non-hydrogen) atoms. The molecule has 1 aliphatic rings. The summed E-state index contributed by atoms with van der Waals surface area (Å²) in [6.07, 6.45) is 1.60. The molecule has 6 nitrogen and oxygen atoms in total. The monoisotopic (exact) mass is 315 g/mol. The standard InChI is InChI=1S/C17H21N3O3/c1-12(2)23-11-13-10-20(7-8-22-13)17(21)16-9-18-14-5-3-4-6-15(14)19-16/h3-6,9,12-13H,7-8,10-11H2,1-2H3. The van der Waals surface area contributed by atoms with Gasteiger partial charge in [0.05, 0.1) is 42.7 Å².